The first-order chi connectivity index (χ1) is 7.65. The number of nitrogen functional groups attached to an aromatic ring is 1. The summed E-state index contributed by atoms with van der Waals surface area (Å²) >= 11 is 5.86. The number of benzene rings is 1. The molecule has 0 unspecified atom stereocenters. The Labute approximate surface area is 103 Å². The van der Waals surface area contributed by atoms with Gasteiger partial charge in [-0.1, -0.05) is 17.7 Å². The minimum atomic E-state index is -0.614. The van der Waals surface area contributed by atoms with Gasteiger partial charge in [0.1, 0.15) is 0 Å². The Morgan fingerprint density at radius 2 is 2.06 bits per heavy atom. The predicted molar refractivity (Wildman–Crippen MR) is 69.0 cm³/mol. The van der Waals surface area contributed by atoms with Crippen molar-refractivity contribution in [2.45, 2.75) is 6.54 Å². The van der Waals surface area contributed by atoms with E-state index in [1.54, 1.807) is 0 Å². The molecule has 0 amide bonds. The molecule has 1 fully saturated rings. The third kappa shape index (κ3) is 2.97. The van der Waals surface area contributed by atoms with Gasteiger partial charge in [-0.05, 0) is 17.7 Å². The Kier molecular flexibility index (Phi) is 3.84. The number of nitrogens with zero attached hydrogens (tertiary/aromatic N) is 1. The maximum absolute atomic E-state index is 11.2. The zero-order chi connectivity index (χ0) is 11.5. The van der Waals surface area contributed by atoms with Gasteiger partial charge < -0.3 is 5.73 Å². The van der Waals surface area contributed by atoms with Crippen molar-refractivity contribution in [1.82, 2.24) is 4.90 Å². The first-order valence-electron chi connectivity index (χ1n) is 5.26. The second-order valence-corrected chi connectivity index (χ2v) is 6.08. The third-order valence-corrected chi connectivity index (χ3v) is 4.36. The van der Waals surface area contributed by atoms with Gasteiger partial charge in [0.25, 0.3) is 0 Å². The fourth-order valence-electron chi connectivity index (χ4n) is 1.78. The highest BCUT2D eigenvalue weighted by atomic mass is 35.5. The van der Waals surface area contributed by atoms with E-state index in [1.165, 1.54) is 0 Å². The topological polar surface area (TPSA) is 46.3 Å². The van der Waals surface area contributed by atoms with Crippen molar-refractivity contribution in [2.75, 3.05) is 30.3 Å². The van der Waals surface area contributed by atoms with E-state index in [0.29, 0.717) is 10.7 Å². The summed E-state index contributed by atoms with van der Waals surface area (Å²) in [6, 6.07) is 5.73. The van der Waals surface area contributed by atoms with Gasteiger partial charge in [0.05, 0.1) is 10.7 Å². The summed E-state index contributed by atoms with van der Waals surface area (Å²) in [5.41, 5.74) is 7.54. The van der Waals surface area contributed by atoms with Crippen LogP contribution in [0.1, 0.15) is 5.56 Å². The minimum absolute atomic E-state index is 0.600. The average molecular weight is 259 g/mol. The van der Waals surface area contributed by atoms with Gasteiger partial charge in [0.15, 0.2) is 0 Å². The molecule has 1 aliphatic rings. The Bertz CT molecular complexity index is 401. The fourth-order valence-corrected chi connectivity index (χ4v) is 3.03. The standard InChI is InChI=1S/C11H15ClN2OS/c12-10-2-1-9(7-11(10)13)8-14-3-5-16(15)6-4-14/h1-2,7H,3-6,8,13H2. The Balaban J connectivity index is 1.98. The van der Waals surface area contributed by atoms with Gasteiger partial charge in [-0.15, -0.1) is 0 Å². The number of hydrogen-bond donors (Lipinski definition) is 1. The third-order valence-electron chi connectivity index (χ3n) is 2.74. The molecular formula is C11H15ClN2OS. The van der Waals surface area contributed by atoms with Crippen molar-refractivity contribution in [1.29, 1.82) is 0 Å². The quantitative estimate of drug-likeness (QED) is 0.818. The molecule has 1 heterocycles. The molecule has 0 atom stereocenters. The highest BCUT2D eigenvalue weighted by molar-refractivity contribution is 7.85. The summed E-state index contributed by atoms with van der Waals surface area (Å²) in [6.45, 7) is 2.66. The first kappa shape index (κ1) is 11.9. The van der Waals surface area contributed by atoms with E-state index in [2.05, 4.69) is 4.90 Å². The molecular weight excluding hydrogens is 244 g/mol. The lowest BCUT2D eigenvalue weighted by Crippen LogP contribution is -2.37. The van der Waals surface area contributed by atoms with Crippen LogP contribution >= 0.6 is 11.6 Å². The zero-order valence-corrected chi connectivity index (χ0v) is 10.6. The summed E-state index contributed by atoms with van der Waals surface area (Å²) < 4.78 is 11.2. The van der Waals surface area contributed by atoms with Crippen molar-refractivity contribution in [2.24, 2.45) is 0 Å². The molecule has 2 rings (SSSR count). The molecule has 2 N–H and O–H groups in total. The molecule has 0 radical (unpaired) electrons. The van der Waals surface area contributed by atoms with Gasteiger partial charge in [0.2, 0.25) is 0 Å². The average Bonchev–Trinajstić information content (AvgIpc) is 2.27. The van der Waals surface area contributed by atoms with Crippen molar-refractivity contribution < 1.29 is 4.21 Å². The Hall–Kier alpha value is -0.580. The first-order valence-corrected chi connectivity index (χ1v) is 7.13. The normalized spacial score (nSPS) is 18.8. The van der Waals surface area contributed by atoms with Crippen LogP contribution in [-0.4, -0.2) is 33.7 Å². The maximum Gasteiger partial charge on any atom is 0.0635 e. The molecule has 1 aromatic carbocycles. The number of hydrogen-bond acceptors (Lipinski definition) is 3. The van der Waals surface area contributed by atoms with Crippen molar-refractivity contribution in [3.8, 4) is 0 Å². The van der Waals surface area contributed by atoms with Gasteiger partial charge >= 0.3 is 0 Å². The molecule has 0 saturated carbocycles. The van der Waals surface area contributed by atoms with Crippen LogP contribution in [0.15, 0.2) is 18.2 Å². The Morgan fingerprint density at radius 3 is 2.69 bits per heavy atom. The molecule has 16 heavy (non-hydrogen) atoms. The lowest BCUT2D eigenvalue weighted by atomic mass is 10.2. The zero-order valence-electron chi connectivity index (χ0n) is 8.99. The van der Waals surface area contributed by atoms with Gasteiger partial charge in [-0.2, -0.15) is 0 Å². The van der Waals surface area contributed by atoms with E-state index in [1.807, 2.05) is 18.2 Å². The van der Waals surface area contributed by atoms with Crippen LogP contribution in [0.5, 0.6) is 0 Å². The van der Waals surface area contributed by atoms with Crippen molar-refractivity contribution >= 4 is 28.1 Å². The molecule has 5 heteroatoms. The molecule has 0 spiro atoms. The van der Waals surface area contributed by atoms with E-state index in [9.17, 15) is 4.21 Å². The molecule has 0 aliphatic carbocycles. The van der Waals surface area contributed by atoms with Gasteiger partial charge in [-0.3, -0.25) is 9.11 Å². The second kappa shape index (κ2) is 5.17. The number of anilines is 1. The SMILES string of the molecule is Nc1cc(CN2CCS(=O)CC2)ccc1Cl. The summed E-state index contributed by atoms with van der Waals surface area (Å²) in [4.78, 5) is 2.30. The van der Waals surface area contributed by atoms with Crippen LogP contribution in [0, 0.1) is 0 Å². The molecule has 88 valence electrons. The van der Waals surface area contributed by atoms with Crippen molar-refractivity contribution in [3.63, 3.8) is 0 Å². The lowest BCUT2D eigenvalue weighted by molar-refractivity contribution is 0.291. The molecule has 0 aromatic heterocycles. The van der Waals surface area contributed by atoms with Gasteiger partial charge in [0, 0.05) is 41.9 Å². The molecule has 1 saturated heterocycles. The molecule has 1 aliphatic heterocycles. The largest absolute Gasteiger partial charge is 0.398 e. The van der Waals surface area contributed by atoms with E-state index < -0.39 is 10.8 Å². The fraction of sp³-hybridized carbons (Fsp3) is 0.455. The smallest absolute Gasteiger partial charge is 0.0635 e. The highest BCUT2D eigenvalue weighted by Gasteiger charge is 2.15. The van der Waals surface area contributed by atoms with Crippen LogP contribution in [0.2, 0.25) is 5.02 Å². The molecule has 0 bridgehead atoms. The second-order valence-electron chi connectivity index (χ2n) is 3.98. The van der Waals surface area contributed by atoms with Crippen LogP contribution < -0.4 is 5.73 Å². The molecule has 3 nitrogen and oxygen atoms in total. The van der Waals surface area contributed by atoms with Crippen molar-refractivity contribution in [3.05, 3.63) is 28.8 Å². The predicted octanol–water partition coefficient (Wildman–Crippen LogP) is 1.49. The maximum atomic E-state index is 11.2. The van der Waals surface area contributed by atoms with Crippen LogP contribution in [0.25, 0.3) is 0 Å². The summed E-state index contributed by atoms with van der Waals surface area (Å²) in [6.07, 6.45) is 0. The number of rotatable bonds is 2. The molecule has 1 aromatic rings. The number of halogens is 1. The summed E-state index contributed by atoms with van der Waals surface area (Å²) in [5, 5.41) is 0.600. The van der Waals surface area contributed by atoms with E-state index in [0.717, 1.165) is 36.7 Å². The highest BCUT2D eigenvalue weighted by Crippen LogP contribution is 2.20. The Morgan fingerprint density at radius 1 is 1.38 bits per heavy atom. The summed E-state index contributed by atoms with van der Waals surface area (Å²) in [5.74, 6) is 1.56. The van der Waals surface area contributed by atoms with E-state index in [-0.39, 0.29) is 0 Å². The van der Waals surface area contributed by atoms with Crippen LogP contribution in [0.3, 0.4) is 0 Å². The van der Waals surface area contributed by atoms with Crippen LogP contribution in [-0.2, 0) is 17.3 Å². The monoisotopic (exact) mass is 258 g/mol. The lowest BCUT2D eigenvalue weighted by Gasteiger charge is -2.26. The minimum Gasteiger partial charge on any atom is -0.398 e. The van der Waals surface area contributed by atoms with E-state index >= 15 is 0 Å². The summed E-state index contributed by atoms with van der Waals surface area (Å²) in [7, 11) is -0.614. The van der Waals surface area contributed by atoms with E-state index in [4.69, 9.17) is 17.3 Å². The van der Waals surface area contributed by atoms with Crippen LogP contribution in [0.4, 0.5) is 5.69 Å². The van der Waals surface area contributed by atoms with Gasteiger partial charge in [-0.25, -0.2) is 0 Å². The number of nitrogens with two attached hydrogens (primary N) is 1.